The molecule has 0 bridgehead atoms. The van der Waals surface area contributed by atoms with E-state index in [0.717, 1.165) is 11.3 Å². The molecule has 0 radical (unpaired) electrons. The summed E-state index contributed by atoms with van der Waals surface area (Å²) in [6.45, 7) is 0.594. The average Bonchev–Trinajstić information content (AvgIpc) is 2.39. The summed E-state index contributed by atoms with van der Waals surface area (Å²) in [4.78, 5) is 0. The van der Waals surface area contributed by atoms with Crippen molar-refractivity contribution in [1.29, 1.82) is 0 Å². The first-order valence-electron chi connectivity index (χ1n) is 5.97. The highest BCUT2D eigenvalue weighted by molar-refractivity contribution is 5.37. The maximum atomic E-state index is 13.4. The van der Waals surface area contributed by atoms with E-state index in [0.29, 0.717) is 18.0 Å². The zero-order chi connectivity index (χ0) is 13.7. The molecule has 2 aromatic carbocycles. The first-order valence-corrected chi connectivity index (χ1v) is 5.97. The Morgan fingerprint density at radius 3 is 2.32 bits per heavy atom. The van der Waals surface area contributed by atoms with Crippen LogP contribution in [0, 0.1) is 5.82 Å². The van der Waals surface area contributed by atoms with Gasteiger partial charge in [-0.25, -0.2) is 4.39 Å². The van der Waals surface area contributed by atoms with Gasteiger partial charge < -0.3 is 14.8 Å². The third-order valence-corrected chi connectivity index (χ3v) is 2.61. The van der Waals surface area contributed by atoms with Crippen LogP contribution in [0.1, 0.15) is 5.56 Å². The fourth-order valence-corrected chi connectivity index (χ4v) is 1.77. The Kier molecular flexibility index (Phi) is 4.36. The number of halogens is 1. The fraction of sp³-hybridized carbons (Fsp3) is 0.200. The molecule has 0 aliphatic rings. The quantitative estimate of drug-likeness (QED) is 0.895. The molecule has 0 aliphatic carbocycles. The largest absolute Gasteiger partial charge is 0.497 e. The first kappa shape index (κ1) is 13.4. The lowest BCUT2D eigenvalue weighted by Crippen LogP contribution is -2.05. The molecule has 19 heavy (non-hydrogen) atoms. The second-order valence-corrected chi connectivity index (χ2v) is 4.10. The van der Waals surface area contributed by atoms with Crippen LogP contribution in [-0.2, 0) is 6.54 Å². The van der Waals surface area contributed by atoms with Gasteiger partial charge in [0.1, 0.15) is 23.1 Å². The molecule has 0 saturated carbocycles. The van der Waals surface area contributed by atoms with E-state index < -0.39 is 0 Å². The predicted molar refractivity (Wildman–Crippen MR) is 72.2 cm³/mol. The van der Waals surface area contributed by atoms with Gasteiger partial charge in [0.2, 0.25) is 0 Å². The Bertz CT molecular complexity index is 540. The van der Waals surface area contributed by atoms with E-state index >= 15 is 0 Å². The fourth-order valence-electron chi connectivity index (χ4n) is 1.77. The van der Waals surface area contributed by atoms with E-state index in [2.05, 4.69) is 5.32 Å². The van der Waals surface area contributed by atoms with Crippen LogP contribution in [0.15, 0.2) is 42.5 Å². The van der Waals surface area contributed by atoms with Crippen LogP contribution >= 0.6 is 0 Å². The third-order valence-electron chi connectivity index (χ3n) is 2.61. The minimum absolute atomic E-state index is 0.309. The van der Waals surface area contributed by atoms with Gasteiger partial charge in [0, 0.05) is 12.6 Å². The molecule has 1 N–H and O–H groups in total. The number of benzene rings is 2. The highest BCUT2D eigenvalue weighted by Crippen LogP contribution is 2.25. The third kappa shape index (κ3) is 3.69. The maximum absolute atomic E-state index is 13.4. The van der Waals surface area contributed by atoms with Gasteiger partial charge in [-0.1, -0.05) is 0 Å². The zero-order valence-corrected chi connectivity index (χ0v) is 10.9. The first-order chi connectivity index (χ1) is 9.21. The SMILES string of the molecule is CNCc1cc(F)cc(Oc2ccc(OC)cc2)c1. The number of nitrogens with one attached hydrogen (secondary N) is 1. The van der Waals surface area contributed by atoms with Crippen LogP contribution in [-0.4, -0.2) is 14.2 Å². The van der Waals surface area contributed by atoms with Gasteiger partial charge in [-0.05, 0) is 49.0 Å². The predicted octanol–water partition coefficient (Wildman–Crippen LogP) is 3.35. The lowest BCUT2D eigenvalue weighted by atomic mass is 10.2. The Balaban J connectivity index is 2.17. The van der Waals surface area contributed by atoms with E-state index in [-0.39, 0.29) is 5.82 Å². The average molecular weight is 261 g/mol. The summed E-state index contributed by atoms with van der Waals surface area (Å²) >= 11 is 0. The van der Waals surface area contributed by atoms with Crippen LogP contribution in [0.3, 0.4) is 0 Å². The zero-order valence-electron chi connectivity index (χ0n) is 10.9. The van der Waals surface area contributed by atoms with Crippen LogP contribution in [0.25, 0.3) is 0 Å². The van der Waals surface area contributed by atoms with Crippen molar-refractivity contribution in [2.45, 2.75) is 6.54 Å². The van der Waals surface area contributed by atoms with E-state index in [9.17, 15) is 4.39 Å². The summed E-state index contributed by atoms with van der Waals surface area (Å²) < 4.78 is 24.1. The monoisotopic (exact) mass is 261 g/mol. The molecular weight excluding hydrogens is 245 g/mol. The van der Waals surface area contributed by atoms with Crippen molar-refractivity contribution < 1.29 is 13.9 Å². The highest BCUT2D eigenvalue weighted by atomic mass is 19.1. The molecule has 0 fully saturated rings. The summed E-state index contributed by atoms with van der Waals surface area (Å²) in [6.07, 6.45) is 0. The van der Waals surface area contributed by atoms with Gasteiger partial charge in [-0.2, -0.15) is 0 Å². The van der Waals surface area contributed by atoms with Crippen molar-refractivity contribution in [3.8, 4) is 17.2 Å². The van der Waals surface area contributed by atoms with E-state index in [1.165, 1.54) is 12.1 Å². The van der Waals surface area contributed by atoms with E-state index in [4.69, 9.17) is 9.47 Å². The summed E-state index contributed by atoms with van der Waals surface area (Å²) in [5, 5.41) is 2.98. The normalized spacial score (nSPS) is 10.3. The molecule has 3 nitrogen and oxygen atoms in total. The lowest BCUT2D eigenvalue weighted by molar-refractivity contribution is 0.412. The molecule has 100 valence electrons. The molecule has 0 aliphatic heterocycles. The molecule has 0 aromatic heterocycles. The number of rotatable bonds is 5. The summed E-state index contributed by atoms with van der Waals surface area (Å²) in [5.74, 6) is 1.57. The molecule has 0 saturated heterocycles. The molecule has 2 rings (SSSR count). The Morgan fingerprint density at radius 2 is 1.68 bits per heavy atom. The topological polar surface area (TPSA) is 30.5 Å². The second-order valence-electron chi connectivity index (χ2n) is 4.10. The molecule has 4 heteroatoms. The van der Waals surface area contributed by atoms with Crippen molar-refractivity contribution >= 4 is 0 Å². The van der Waals surface area contributed by atoms with Crippen molar-refractivity contribution in [1.82, 2.24) is 5.32 Å². The standard InChI is InChI=1S/C15H16FNO2/c1-17-10-11-7-12(16)9-15(8-11)19-14-5-3-13(18-2)4-6-14/h3-9,17H,10H2,1-2H3. The summed E-state index contributed by atoms with van der Waals surface area (Å²) in [5.41, 5.74) is 0.839. The van der Waals surface area contributed by atoms with Crippen molar-refractivity contribution in [2.24, 2.45) is 0 Å². The Hall–Kier alpha value is -2.07. The molecular formula is C15H16FNO2. The summed E-state index contributed by atoms with van der Waals surface area (Å²) in [7, 11) is 3.42. The maximum Gasteiger partial charge on any atom is 0.130 e. The van der Waals surface area contributed by atoms with Crippen LogP contribution in [0.5, 0.6) is 17.2 Å². The van der Waals surface area contributed by atoms with Crippen molar-refractivity contribution in [2.75, 3.05) is 14.2 Å². The van der Waals surface area contributed by atoms with Crippen LogP contribution < -0.4 is 14.8 Å². The summed E-state index contributed by atoms with van der Waals surface area (Å²) in [6, 6.07) is 11.8. The van der Waals surface area contributed by atoms with Crippen LogP contribution in [0.2, 0.25) is 0 Å². The Morgan fingerprint density at radius 1 is 1.00 bits per heavy atom. The number of hydrogen-bond acceptors (Lipinski definition) is 3. The van der Waals surface area contributed by atoms with E-state index in [1.807, 2.05) is 13.1 Å². The van der Waals surface area contributed by atoms with E-state index in [1.54, 1.807) is 31.4 Å². The Labute approximate surface area is 112 Å². The molecule has 2 aromatic rings. The van der Waals surface area contributed by atoms with Gasteiger partial charge in [0.25, 0.3) is 0 Å². The molecule has 0 atom stereocenters. The molecule has 0 unspecified atom stereocenters. The number of hydrogen-bond donors (Lipinski definition) is 1. The van der Waals surface area contributed by atoms with Gasteiger partial charge in [0.05, 0.1) is 7.11 Å². The van der Waals surface area contributed by atoms with Crippen molar-refractivity contribution in [3.05, 3.63) is 53.8 Å². The molecule has 0 spiro atoms. The smallest absolute Gasteiger partial charge is 0.130 e. The van der Waals surface area contributed by atoms with Crippen LogP contribution in [0.4, 0.5) is 4.39 Å². The highest BCUT2D eigenvalue weighted by Gasteiger charge is 2.03. The number of methoxy groups -OCH3 is 1. The van der Waals surface area contributed by atoms with Gasteiger partial charge >= 0.3 is 0 Å². The lowest BCUT2D eigenvalue weighted by Gasteiger charge is -2.09. The molecule has 0 heterocycles. The van der Waals surface area contributed by atoms with Gasteiger partial charge in [0.15, 0.2) is 0 Å². The minimum Gasteiger partial charge on any atom is -0.497 e. The number of ether oxygens (including phenoxy) is 2. The minimum atomic E-state index is -0.309. The van der Waals surface area contributed by atoms with Gasteiger partial charge in [-0.3, -0.25) is 0 Å². The molecule has 0 amide bonds. The second kappa shape index (κ2) is 6.20. The van der Waals surface area contributed by atoms with Gasteiger partial charge in [-0.15, -0.1) is 0 Å². The van der Waals surface area contributed by atoms with Crippen molar-refractivity contribution in [3.63, 3.8) is 0 Å².